The molecule has 9 heteroatoms. The van der Waals surface area contributed by atoms with Gasteiger partial charge in [-0.3, -0.25) is 9.59 Å². The molecule has 0 bridgehead atoms. The summed E-state index contributed by atoms with van der Waals surface area (Å²) in [5.41, 5.74) is 0.445. The third-order valence-corrected chi connectivity index (χ3v) is 4.06. The molecule has 1 aromatic carbocycles. The molecule has 0 spiro atoms. The number of rotatable bonds is 13. The van der Waals surface area contributed by atoms with Gasteiger partial charge in [0.15, 0.2) is 0 Å². The highest BCUT2D eigenvalue weighted by Gasteiger charge is 2.25. The predicted molar refractivity (Wildman–Crippen MR) is 100 cm³/mol. The Bertz CT molecular complexity index is 632. The Balaban J connectivity index is 2.74. The second-order valence-corrected chi connectivity index (χ2v) is 6.52. The Kier molecular flexibility index (Phi) is 11.3. The fourth-order valence-corrected chi connectivity index (χ4v) is 2.47. The molecule has 0 radical (unpaired) electrons. The van der Waals surface area contributed by atoms with Gasteiger partial charge in [0, 0.05) is 16.6 Å². The van der Waals surface area contributed by atoms with Crippen molar-refractivity contribution in [3.05, 3.63) is 34.3 Å². The maximum Gasteiger partial charge on any atom is 0.308 e. The highest BCUT2D eigenvalue weighted by Crippen LogP contribution is 2.13. The number of nitriles is 1. The number of hydrogen-bond donors (Lipinski definition) is 2. The van der Waals surface area contributed by atoms with E-state index in [1.807, 2.05) is 6.92 Å². The van der Waals surface area contributed by atoms with Gasteiger partial charge in [0.2, 0.25) is 0 Å². The van der Waals surface area contributed by atoms with E-state index in [1.165, 1.54) is 0 Å². The van der Waals surface area contributed by atoms with Crippen molar-refractivity contribution in [3.8, 4) is 6.07 Å². The fourth-order valence-electron chi connectivity index (χ4n) is 2.20. The summed E-state index contributed by atoms with van der Waals surface area (Å²) in [6.45, 7) is 2.12. The van der Waals surface area contributed by atoms with Crippen LogP contribution in [0.4, 0.5) is 0 Å². The van der Waals surface area contributed by atoms with Gasteiger partial charge in [0.1, 0.15) is 13.4 Å². The zero-order valence-corrected chi connectivity index (χ0v) is 16.6. The van der Waals surface area contributed by atoms with Gasteiger partial charge in [0.05, 0.1) is 31.2 Å². The minimum absolute atomic E-state index is 0.0455. The molecule has 27 heavy (non-hydrogen) atoms. The van der Waals surface area contributed by atoms with Crippen molar-refractivity contribution >= 4 is 27.8 Å². The Hall–Kier alpha value is -1.99. The first-order valence-electron chi connectivity index (χ1n) is 8.37. The number of hydrogen-bond acceptors (Lipinski definition) is 6. The molecule has 0 saturated heterocycles. The predicted octanol–water partition coefficient (Wildman–Crippen LogP) is 2.19. The second kappa shape index (κ2) is 13.2. The minimum atomic E-state index is -1.07. The summed E-state index contributed by atoms with van der Waals surface area (Å²) in [5, 5.41) is 20.7. The summed E-state index contributed by atoms with van der Waals surface area (Å²) >= 11 is 3.31. The lowest BCUT2D eigenvalue weighted by molar-refractivity contribution is -0.144. The fraction of sp³-hybridized carbons (Fsp3) is 0.500. The molecule has 0 aromatic heterocycles. The van der Waals surface area contributed by atoms with Crippen molar-refractivity contribution in [3.63, 3.8) is 0 Å². The van der Waals surface area contributed by atoms with Crippen LogP contribution in [0.25, 0.3) is 0 Å². The zero-order valence-electron chi connectivity index (χ0n) is 15.0. The molecule has 2 unspecified atom stereocenters. The summed E-state index contributed by atoms with van der Waals surface area (Å²) in [4.78, 5) is 23.9. The van der Waals surface area contributed by atoms with Gasteiger partial charge in [-0.15, -0.1) is 0 Å². The van der Waals surface area contributed by atoms with E-state index in [9.17, 15) is 14.7 Å². The summed E-state index contributed by atoms with van der Waals surface area (Å²) < 4.78 is 16.3. The van der Waals surface area contributed by atoms with Gasteiger partial charge >= 0.3 is 5.97 Å². The first kappa shape index (κ1) is 23.0. The molecule has 1 aromatic rings. The lowest BCUT2D eigenvalue weighted by atomic mass is 10.0. The number of ether oxygens (including phenoxy) is 3. The van der Waals surface area contributed by atoms with Gasteiger partial charge < -0.3 is 24.6 Å². The lowest BCUT2D eigenvalue weighted by Gasteiger charge is -2.22. The SMILES string of the molecule is CCOCOCC(CC(COCC#N)C(=O)O)NC(=O)c1ccc(Br)cc1. The van der Waals surface area contributed by atoms with Crippen LogP contribution < -0.4 is 5.32 Å². The highest BCUT2D eigenvalue weighted by molar-refractivity contribution is 9.10. The number of carboxylic acids is 1. The quantitative estimate of drug-likeness (QED) is 0.355. The summed E-state index contributed by atoms with van der Waals surface area (Å²) in [6.07, 6.45) is 0.0924. The van der Waals surface area contributed by atoms with E-state index < -0.39 is 17.9 Å². The molecular weight excluding hydrogens is 420 g/mol. The number of halogens is 1. The molecule has 0 saturated carbocycles. The number of benzene rings is 1. The van der Waals surface area contributed by atoms with Crippen molar-refractivity contribution in [2.75, 3.05) is 33.2 Å². The lowest BCUT2D eigenvalue weighted by Crippen LogP contribution is -2.41. The number of nitrogens with zero attached hydrogens (tertiary/aromatic N) is 1. The smallest absolute Gasteiger partial charge is 0.308 e. The van der Waals surface area contributed by atoms with Gasteiger partial charge in [-0.05, 0) is 37.6 Å². The van der Waals surface area contributed by atoms with Crippen molar-refractivity contribution < 1.29 is 28.9 Å². The van der Waals surface area contributed by atoms with Crippen LogP contribution in [0.3, 0.4) is 0 Å². The van der Waals surface area contributed by atoms with Crippen LogP contribution in [-0.4, -0.2) is 56.2 Å². The zero-order chi connectivity index (χ0) is 20.1. The maximum absolute atomic E-state index is 12.4. The topological polar surface area (TPSA) is 118 Å². The first-order chi connectivity index (χ1) is 13.0. The van der Waals surface area contributed by atoms with Crippen LogP contribution in [0.5, 0.6) is 0 Å². The van der Waals surface area contributed by atoms with E-state index in [2.05, 4.69) is 21.2 Å². The summed E-state index contributed by atoms with van der Waals surface area (Å²) in [6, 6.07) is 8.02. The molecule has 2 N–H and O–H groups in total. The molecular formula is C18H23BrN2O6. The number of amides is 1. The second-order valence-electron chi connectivity index (χ2n) is 5.60. The summed E-state index contributed by atoms with van der Waals surface area (Å²) in [7, 11) is 0. The van der Waals surface area contributed by atoms with E-state index in [-0.39, 0.29) is 38.9 Å². The number of carbonyl (C=O) groups excluding carboxylic acids is 1. The Morgan fingerprint density at radius 2 is 1.93 bits per heavy atom. The van der Waals surface area contributed by atoms with Crippen LogP contribution >= 0.6 is 15.9 Å². The van der Waals surface area contributed by atoms with Crippen molar-refractivity contribution in [2.45, 2.75) is 19.4 Å². The molecule has 0 heterocycles. The number of carbonyl (C=O) groups is 2. The van der Waals surface area contributed by atoms with E-state index in [0.717, 1.165) is 4.47 Å². The van der Waals surface area contributed by atoms with Crippen molar-refractivity contribution in [1.82, 2.24) is 5.32 Å². The average Bonchev–Trinajstić information content (AvgIpc) is 2.64. The average molecular weight is 443 g/mol. The van der Waals surface area contributed by atoms with E-state index in [4.69, 9.17) is 19.5 Å². The van der Waals surface area contributed by atoms with Gasteiger partial charge in [-0.1, -0.05) is 15.9 Å². The molecule has 8 nitrogen and oxygen atoms in total. The molecule has 0 fully saturated rings. The molecule has 1 rings (SSSR count). The monoisotopic (exact) mass is 442 g/mol. The molecule has 2 atom stereocenters. The Morgan fingerprint density at radius 3 is 2.52 bits per heavy atom. The third-order valence-electron chi connectivity index (χ3n) is 3.54. The largest absolute Gasteiger partial charge is 0.481 e. The van der Waals surface area contributed by atoms with Gasteiger partial charge in [0.25, 0.3) is 5.91 Å². The first-order valence-corrected chi connectivity index (χ1v) is 9.16. The van der Waals surface area contributed by atoms with Crippen LogP contribution in [0.15, 0.2) is 28.7 Å². The molecule has 1 amide bonds. The van der Waals surface area contributed by atoms with E-state index in [1.54, 1.807) is 30.3 Å². The standard InChI is InChI=1S/C18H23BrN2O6/c1-2-25-12-27-11-16(9-14(18(23)24)10-26-8-7-20)21-17(22)13-3-5-15(19)6-4-13/h3-6,14,16H,2,8-12H2,1H3,(H,21,22)(H,23,24). The van der Waals surface area contributed by atoms with Crippen LogP contribution in [0, 0.1) is 17.2 Å². The number of carboxylic acid groups (broad SMARTS) is 1. The van der Waals surface area contributed by atoms with Crippen LogP contribution in [-0.2, 0) is 19.0 Å². The number of nitrogens with one attached hydrogen (secondary N) is 1. The molecule has 0 aliphatic rings. The minimum Gasteiger partial charge on any atom is -0.481 e. The van der Waals surface area contributed by atoms with Crippen molar-refractivity contribution in [2.24, 2.45) is 5.92 Å². The van der Waals surface area contributed by atoms with Crippen LogP contribution in [0.2, 0.25) is 0 Å². The van der Waals surface area contributed by atoms with Gasteiger partial charge in [-0.25, -0.2) is 0 Å². The van der Waals surface area contributed by atoms with E-state index >= 15 is 0 Å². The molecule has 148 valence electrons. The molecule has 0 aliphatic heterocycles. The summed E-state index contributed by atoms with van der Waals surface area (Å²) in [5.74, 6) is -2.29. The Labute approximate surface area is 166 Å². The molecule has 0 aliphatic carbocycles. The Morgan fingerprint density at radius 1 is 1.22 bits per heavy atom. The number of aliphatic carboxylic acids is 1. The van der Waals surface area contributed by atoms with E-state index in [0.29, 0.717) is 12.2 Å². The normalized spacial score (nSPS) is 12.8. The third kappa shape index (κ3) is 9.49. The van der Waals surface area contributed by atoms with Crippen molar-refractivity contribution in [1.29, 1.82) is 5.26 Å². The maximum atomic E-state index is 12.4. The highest BCUT2D eigenvalue weighted by atomic mass is 79.9. The van der Waals surface area contributed by atoms with Gasteiger partial charge in [-0.2, -0.15) is 5.26 Å². The van der Waals surface area contributed by atoms with Crippen LogP contribution in [0.1, 0.15) is 23.7 Å².